The molecule has 3 rings (SSSR count). The fraction of sp³-hybridized carbons (Fsp3) is 0.350. The van der Waals surface area contributed by atoms with E-state index in [-0.39, 0.29) is 12.6 Å². The van der Waals surface area contributed by atoms with Gasteiger partial charge in [0.05, 0.1) is 25.1 Å². The van der Waals surface area contributed by atoms with Gasteiger partial charge in [-0.05, 0) is 36.8 Å². The van der Waals surface area contributed by atoms with Crippen LogP contribution in [0, 0.1) is 0 Å². The van der Waals surface area contributed by atoms with Gasteiger partial charge in [-0.2, -0.15) is 0 Å². The number of methoxy groups -OCH3 is 1. The Labute approximate surface area is 170 Å². The average Bonchev–Trinajstić information content (AvgIpc) is 2.70. The van der Waals surface area contributed by atoms with E-state index in [0.717, 1.165) is 16.1 Å². The van der Waals surface area contributed by atoms with Crippen LogP contribution in [0.4, 0.5) is 5.69 Å². The highest BCUT2D eigenvalue weighted by Gasteiger charge is 2.23. The van der Waals surface area contributed by atoms with Crippen LogP contribution in [0.1, 0.15) is 18.5 Å². The van der Waals surface area contributed by atoms with Gasteiger partial charge >= 0.3 is 0 Å². The molecule has 0 spiro atoms. The van der Waals surface area contributed by atoms with Gasteiger partial charge in [0.15, 0.2) is 11.5 Å². The molecule has 0 bridgehead atoms. The molecule has 1 aliphatic rings. The van der Waals surface area contributed by atoms with E-state index in [4.69, 9.17) is 14.2 Å². The first kappa shape index (κ1) is 20.8. The number of hydrogen-bond acceptors (Lipinski definition) is 6. The molecule has 1 atom stereocenters. The van der Waals surface area contributed by atoms with Crippen LogP contribution in [-0.4, -0.2) is 47.4 Å². The summed E-state index contributed by atoms with van der Waals surface area (Å²) in [5, 5.41) is 2.83. The van der Waals surface area contributed by atoms with Crippen molar-refractivity contribution in [2.24, 2.45) is 0 Å². The van der Waals surface area contributed by atoms with Crippen LogP contribution >= 0.6 is 0 Å². The third kappa shape index (κ3) is 5.11. The Morgan fingerprint density at radius 1 is 1.17 bits per heavy atom. The van der Waals surface area contributed by atoms with Crippen molar-refractivity contribution < 1.29 is 27.4 Å². The number of fused-ring (bicyclic) bond motifs is 1. The summed E-state index contributed by atoms with van der Waals surface area (Å²) >= 11 is 0. The second-order valence-electron chi connectivity index (χ2n) is 6.66. The molecule has 1 amide bonds. The van der Waals surface area contributed by atoms with Crippen molar-refractivity contribution in [3.63, 3.8) is 0 Å². The first-order valence-electron chi connectivity index (χ1n) is 9.08. The van der Waals surface area contributed by atoms with Crippen LogP contribution in [0.5, 0.6) is 17.2 Å². The van der Waals surface area contributed by atoms with Crippen LogP contribution in [0.3, 0.4) is 0 Å². The lowest BCUT2D eigenvalue weighted by Gasteiger charge is -2.24. The molecule has 156 valence electrons. The zero-order valence-corrected chi connectivity index (χ0v) is 17.4. The molecule has 1 aliphatic heterocycles. The lowest BCUT2D eigenvalue weighted by Crippen LogP contribution is -2.41. The summed E-state index contributed by atoms with van der Waals surface area (Å²) in [4.78, 5) is 12.6. The minimum absolute atomic E-state index is 0.343. The summed E-state index contributed by atoms with van der Waals surface area (Å²) in [5.74, 6) is 1.37. The summed E-state index contributed by atoms with van der Waals surface area (Å²) < 4.78 is 41.8. The maximum absolute atomic E-state index is 12.6. The molecule has 1 heterocycles. The number of hydrogen-bond donors (Lipinski definition) is 1. The van der Waals surface area contributed by atoms with Gasteiger partial charge in [-0.1, -0.05) is 12.1 Å². The van der Waals surface area contributed by atoms with Crippen LogP contribution in [0.2, 0.25) is 0 Å². The molecule has 0 saturated carbocycles. The summed E-state index contributed by atoms with van der Waals surface area (Å²) in [6.07, 6.45) is 1.06. The first-order valence-corrected chi connectivity index (χ1v) is 10.9. The maximum Gasteiger partial charge on any atom is 0.241 e. The number of ether oxygens (including phenoxy) is 3. The molecule has 0 aliphatic carbocycles. The lowest BCUT2D eigenvalue weighted by molar-refractivity contribution is -0.120. The fourth-order valence-corrected chi connectivity index (χ4v) is 3.84. The van der Waals surface area contributed by atoms with Crippen LogP contribution in [0.15, 0.2) is 42.5 Å². The van der Waals surface area contributed by atoms with Crippen LogP contribution in [0.25, 0.3) is 0 Å². The number of carbonyl (C=O) groups is 1. The Morgan fingerprint density at radius 3 is 2.59 bits per heavy atom. The Morgan fingerprint density at radius 2 is 1.90 bits per heavy atom. The molecule has 0 radical (unpaired) electrons. The van der Waals surface area contributed by atoms with Gasteiger partial charge in [-0.25, -0.2) is 8.42 Å². The smallest absolute Gasteiger partial charge is 0.241 e. The molecule has 1 N–H and O–H groups in total. The molecule has 2 aromatic carbocycles. The van der Waals surface area contributed by atoms with Crippen molar-refractivity contribution in [3.05, 3.63) is 48.0 Å². The highest BCUT2D eigenvalue weighted by molar-refractivity contribution is 7.92. The van der Waals surface area contributed by atoms with E-state index >= 15 is 0 Å². The van der Waals surface area contributed by atoms with Crippen LogP contribution in [-0.2, 0) is 14.8 Å². The van der Waals surface area contributed by atoms with Crippen LogP contribution < -0.4 is 23.8 Å². The second-order valence-corrected chi connectivity index (χ2v) is 8.57. The normalized spacial score (nSPS) is 14.0. The van der Waals surface area contributed by atoms with E-state index in [0.29, 0.717) is 36.1 Å². The monoisotopic (exact) mass is 420 g/mol. The quantitative estimate of drug-likeness (QED) is 0.737. The topological polar surface area (TPSA) is 94.2 Å². The molecule has 0 saturated heterocycles. The standard InChI is InChI=1S/C20H24N2O6S/c1-14(15-7-8-18-19(11-15)28-10-9-27-18)21-20(23)13-22(29(3,24)25)16-5-4-6-17(12-16)26-2/h4-8,11-12,14H,9-10,13H2,1-3H3,(H,21,23). The van der Waals surface area contributed by atoms with Gasteiger partial charge < -0.3 is 19.5 Å². The zero-order chi connectivity index (χ0) is 21.0. The average molecular weight is 420 g/mol. The number of sulfonamides is 1. The highest BCUT2D eigenvalue weighted by atomic mass is 32.2. The van der Waals surface area contributed by atoms with Gasteiger partial charge in [-0.15, -0.1) is 0 Å². The minimum Gasteiger partial charge on any atom is -0.497 e. The molecule has 1 unspecified atom stereocenters. The SMILES string of the molecule is COc1cccc(N(CC(=O)NC(C)c2ccc3c(c2)OCCO3)S(C)(=O)=O)c1. The number of amides is 1. The summed E-state index contributed by atoms with van der Waals surface area (Å²) in [6, 6.07) is 11.7. The van der Waals surface area contributed by atoms with Crippen molar-refractivity contribution in [2.45, 2.75) is 13.0 Å². The second kappa shape index (κ2) is 8.60. The molecule has 29 heavy (non-hydrogen) atoms. The van der Waals surface area contributed by atoms with Crippen molar-refractivity contribution in [2.75, 3.05) is 37.4 Å². The molecule has 8 nitrogen and oxygen atoms in total. The van der Waals surface area contributed by atoms with E-state index in [1.807, 2.05) is 19.1 Å². The number of benzene rings is 2. The fourth-order valence-electron chi connectivity index (χ4n) is 3.00. The Bertz CT molecular complexity index is 992. The molecular formula is C20H24N2O6S. The molecule has 0 aromatic heterocycles. The van der Waals surface area contributed by atoms with Gasteiger partial charge in [0.25, 0.3) is 0 Å². The molecule has 0 fully saturated rings. The first-order chi connectivity index (χ1) is 13.8. The van der Waals surface area contributed by atoms with E-state index in [9.17, 15) is 13.2 Å². The molecule has 9 heteroatoms. The van der Waals surface area contributed by atoms with Crippen molar-refractivity contribution in [1.82, 2.24) is 5.32 Å². The highest BCUT2D eigenvalue weighted by Crippen LogP contribution is 2.32. The van der Waals surface area contributed by atoms with Crippen molar-refractivity contribution in [1.29, 1.82) is 0 Å². The van der Waals surface area contributed by atoms with E-state index < -0.39 is 15.9 Å². The van der Waals surface area contributed by atoms with Gasteiger partial charge in [0, 0.05) is 6.07 Å². The molecular weight excluding hydrogens is 396 g/mol. The van der Waals surface area contributed by atoms with E-state index in [1.165, 1.54) is 7.11 Å². The predicted molar refractivity (Wildman–Crippen MR) is 109 cm³/mol. The zero-order valence-electron chi connectivity index (χ0n) is 16.5. The number of rotatable bonds is 7. The minimum atomic E-state index is -3.67. The predicted octanol–water partition coefficient (Wildman–Crippen LogP) is 2.11. The van der Waals surface area contributed by atoms with Crippen molar-refractivity contribution in [3.8, 4) is 17.2 Å². The van der Waals surface area contributed by atoms with Gasteiger partial charge in [0.1, 0.15) is 25.5 Å². The summed E-state index contributed by atoms with van der Waals surface area (Å²) in [6.45, 7) is 2.45. The number of anilines is 1. The lowest BCUT2D eigenvalue weighted by atomic mass is 10.1. The van der Waals surface area contributed by atoms with Gasteiger partial charge in [-0.3, -0.25) is 9.10 Å². The Hall–Kier alpha value is -2.94. The third-order valence-electron chi connectivity index (χ3n) is 4.47. The maximum atomic E-state index is 12.6. The molecule has 2 aromatic rings. The number of nitrogens with zero attached hydrogens (tertiary/aromatic N) is 1. The summed E-state index contributed by atoms with van der Waals surface area (Å²) in [7, 11) is -2.18. The van der Waals surface area contributed by atoms with Gasteiger partial charge in [0.2, 0.25) is 15.9 Å². The van der Waals surface area contributed by atoms with E-state index in [2.05, 4.69) is 5.32 Å². The Balaban J connectivity index is 1.73. The Kier molecular flexibility index (Phi) is 6.17. The number of carbonyl (C=O) groups excluding carboxylic acids is 1. The van der Waals surface area contributed by atoms with Crippen molar-refractivity contribution >= 4 is 21.6 Å². The largest absolute Gasteiger partial charge is 0.497 e. The van der Waals surface area contributed by atoms with E-state index in [1.54, 1.807) is 30.3 Å². The summed E-state index contributed by atoms with van der Waals surface area (Å²) in [5.41, 5.74) is 1.18. The third-order valence-corrected chi connectivity index (χ3v) is 5.61. The number of nitrogens with one attached hydrogen (secondary N) is 1.